The van der Waals surface area contributed by atoms with Crippen molar-refractivity contribution in [1.29, 1.82) is 0 Å². The fraction of sp³-hybridized carbons (Fsp3) is 0.880. The van der Waals surface area contributed by atoms with Crippen LogP contribution >= 0.6 is 0 Å². The predicted molar refractivity (Wildman–Crippen MR) is 123 cm³/mol. The highest BCUT2D eigenvalue weighted by molar-refractivity contribution is 5.66. The van der Waals surface area contributed by atoms with Crippen LogP contribution < -0.4 is 5.32 Å². The van der Waals surface area contributed by atoms with E-state index in [1.165, 1.54) is 96.3 Å². The van der Waals surface area contributed by atoms with Crippen LogP contribution in [0.1, 0.15) is 129 Å². The second kappa shape index (κ2) is 24.0. The van der Waals surface area contributed by atoms with Crippen molar-refractivity contribution in [3.8, 4) is 0 Å². The number of carbonyl (C=O) groups excluding carboxylic acids is 1. The molecule has 28 heavy (non-hydrogen) atoms. The van der Waals surface area contributed by atoms with Crippen LogP contribution in [0.4, 0.5) is 4.79 Å². The van der Waals surface area contributed by atoms with E-state index >= 15 is 0 Å². The van der Waals surface area contributed by atoms with Gasteiger partial charge in [0.15, 0.2) is 0 Å². The zero-order chi connectivity index (χ0) is 20.5. The van der Waals surface area contributed by atoms with Crippen LogP contribution in [0, 0.1) is 0 Å². The van der Waals surface area contributed by atoms with Crippen molar-refractivity contribution in [2.75, 3.05) is 13.2 Å². The molecule has 0 radical (unpaired) electrons. The summed E-state index contributed by atoms with van der Waals surface area (Å²) in [7, 11) is 0. The Bertz CT molecular complexity index is 341. The Kier molecular flexibility index (Phi) is 23.2. The maximum atomic E-state index is 11.5. The van der Waals surface area contributed by atoms with Gasteiger partial charge in [0, 0.05) is 6.54 Å². The third-order valence-corrected chi connectivity index (χ3v) is 5.19. The summed E-state index contributed by atoms with van der Waals surface area (Å²) in [6.07, 6.45) is 27.4. The van der Waals surface area contributed by atoms with Gasteiger partial charge in [-0.05, 0) is 38.5 Å². The van der Waals surface area contributed by atoms with Gasteiger partial charge < -0.3 is 10.1 Å². The van der Waals surface area contributed by atoms with E-state index in [1.54, 1.807) is 0 Å². The molecule has 0 saturated heterocycles. The molecule has 0 rings (SSSR count). The SMILES string of the molecule is CCCCCCCCC=CCCCCCCCCOC(=O)NCCCCCC. The minimum Gasteiger partial charge on any atom is -0.450 e. The Morgan fingerprint density at radius 2 is 1.11 bits per heavy atom. The highest BCUT2D eigenvalue weighted by atomic mass is 16.5. The van der Waals surface area contributed by atoms with Crippen molar-refractivity contribution < 1.29 is 9.53 Å². The van der Waals surface area contributed by atoms with Crippen LogP contribution in [-0.2, 0) is 4.74 Å². The Morgan fingerprint density at radius 3 is 1.68 bits per heavy atom. The van der Waals surface area contributed by atoms with Crippen molar-refractivity contribution in [1.82, 2.24) is 5.32 Å². The second-order valence-corrected chi connectivity index (χ2v) is 8.06. The average molecular weight is 396 g/mol. The Balaban J connectivity index is 3.17. The number of nitrogens with one attached hydrogen (secondary N) is 1. The summed E-state index contributed by atoms with van der Waals surface area (Å²) in [5.74, 6) is 0. The smallest absolute Gasteiger partial charge is 0.407 e. The lowest BCUT2D eigenvalue weighted by Crippen LogP contribution is -2.25. The van der Waals surface area contributed by atoms with Crippen LogP contribution in [-0.4, -0.2) is 19.2 Å². The van der Waals surface area contributed by atoms with Gasteiger partial charge in [-0.2, -0.15) is 0 Å². The lowest BCUT2D eigenvalue weighted by Gasteiger charge is -2.06. The molecule has 1 N–H and O–H groups in total. The van der Waals surface area contributed by atoms with Gasteiger partial charge in [-0.25, -0.2) is 4.79 Å². The Morgan fingerprint density at radius 1 is 0.643 bits per heavy atom. The predicted octanol–water partition coefficient (Wildman–Crippen LogP) is 8.33. The highest BCUT2D eigenvalue weighted by Gasteiger charge is 2.00. The van der Waals surface area contributed by atoms with Crippen LogP contribution in [0.15, 0.2) is 12.2 Å². The molecule has 0 aliphatic rings. The van der Waals surface area contributed by atoms with Gasteiger partial charge in [0.2, 0.25) is 0 Å². The molecule has 166 valence electrons. The molecule has 0 heterocycles. The molecule has 0 aliphatic heterocycles. The van der Waals surface area contributed by atoms with Gasteiger partial charge in [-0.3, -0.25) is 0 Å². The van der Waals surface area contributed by atoms with Gasteiger partial charge in [0.05, 0.1) is 6.61 Å². The van der Waals surface area contributed by atoms with Crippen molar-refractivity contribution in [2.45, 2.75) is 129 Å². The molecule has 0 aromatic carbocycles. The molecule has 0 bridgehead atoms. The van der Waals surface area contributed by atoms with Crippen LogP contribution in [0.25, 0.3) is 0 Å². The van der Waals surface area contributed by atoms with Crippen LogP contribution in [0.5, 0.6) is 0 Å². The van der Waals surface area contributed by atoms with Gasteiger partial charge >= 0.3 is 6.09 Å². The topological polar surface area (TPSA) is 38.3 Å². The number of carbonyl (C=O) groups is 1. The Hall–Kier alpha value is -0.990. The van der Waals surface area contributed by atoms with E-state index in [-0.39, 0.29) is 6.09 Å². The molecular weight excluding hydrogens is 346 g/mol. The highest BCUT2D eigenvalue weighted by Crippen LogP contribution is 2.10. The number of amides is 1. The maximum Gasteiger partial charge on any atom is 0.407 e. The lowest BCUT2D eigenvalue weighted by molar-refractivity contribution is 0.143. The van der Waals surface area contributed by atoms with Crippen molar-refractivity contribution in [3.05, 3.63) is 12.2 Å². The summed E-state index contributed by atoms with van der Waals surface area (Å²) in [6, 6.07) is 0. The summed E-state index contributed by atoms with van der Waals surface area (Å²) in [5.41, 5.74) is 0. The minimum absolute atomic E-state index is 0.246. The molecule has 0 unspecified atom stereocenters. The molecule has 3 nitrogen and oxygen atoms in total. The van der Waals surface area contributed by atoms with E-state index < -0.39 is 0 Å². The molecule has 0 atom stereocenters. The quantitative estimate of drug-likeness (QED) is 0.157. The summed E-state index contributed by atoms with van der Waals surface area (Å²) in [6.45, 7) is 5.76. The third-order valence-electron chi connectivity index (χ3n) is 5.19. The van der Waals surface area contributed by atoms with E-state index in [0.717, 1.165) is 25.8 Å². The zero-order valence-corrected chi connectivity index (χ0v) is 19.1. The fourth-order valence-corrected chi connectivity index (χ4v) is 3.31. The minimum atomic E-state index is -0.246. The molecule has 3 heteroatoms. The van der Waals surface area contributed by atoms with Crippen molar-refractivity contribution in [3.63, 3.8) is 0 Å². The normalized spacial score (nSPS) is 11.2. The first-order valence-electron chi connectivity index (χ1n) is 12.4. The number of rotatable bonds is 21. The van der Waals surface area contributed by atoms with E-state index in [2.05, 4.69) is 31.3 Å². The fourth-order valence-electron chi connectivity index (χ4n) is 3.31. The van der Waals surface area contributed by atoms with Gasteiger partial charge in [-0.15, -0.1) is 0 Å². The molecule has 0 aromatic heterocycles. The maximum absolute atomic E-state index is 11.5. The van der Waals surface area contributed by atoms with Gasteiger partial charge in [0.25, 0.3) is 0 Å². The van der Waals surface area contributed by atoms with Gasteiger partial charge in [-0.1, -0.05) is 103 Å². The van der Waals surface area contributed by atoms with E-state index in [1.807, 2.05) is 0 Å². The summed E-state index contributed by atoms with van der Waals surface area (Å²) < 4.78 is 5.21. The van der Waals surface area contributed by atoms with Crippen molar-refractivity contribution >= 4 is 6.09 Å². The molecular formula is C25H49NO2. The van der Waals surface area contributed by atoms with Crippen molar-refractivity contribution in [2.24, 2.45) is 0 Å². The summed E-state index contributed by atoms with van der Waals surface area (Å²) in [5, 5.41) is 2.83. The largest absolute Gasteiger partial charge is 0.450 e. The molecule has 0 fully saturated rings. The molecule has 0 saturated carbocycles. The average Bonchev–Trinajstić information content (AvgIpc) is 2.70. The standard InChI is InChI=1S/C25H49NO2/c1-3-5-7-9-10-11-12-13-14-15-16-17-18-19-20-22-24-28-25(27)26-23-21-8-6-4-2/h13-14H,3-12,15-24H2,1-2H3,(H,26,27). The second-order valence-electron chi connectivity index (χ2n) is 8.06. The summed E-state index contributed by atoms with van der Waals surface area (Å²) in [4.78, 5) is 11.5. The van der Waals surface area contributed by atoms with E-state index in [4.69, 9.17) is 4.74 Å². The zero-order valence-electron chi connectivity index (χ0n) is 19.1. The molecule has 0 spiro atoms. The number of ether oxygens (including phenoxy) is 1. The number of allylic oxidation sites excluding steroid dienone is 2. The lowest BCUT2D eigenvalue weighted by atomic mass is 10.1. The summed E-state index contributed by atoms with van der Waals surface area (Å²) >= 11 is 0. The molecule has 0 aromatic rings. The number of hydrogen-bond donors (Lipinski definition) is 1. The van der Waals surface area contributed by atoms with E-state index in [9.17, 15) is 4.79 Å². The number of alkyl carbamates (subject to hydrolysis) is 1. The monoisotopic (exact) mass is 395 g/mol. The van der Waals surface area contributed by atoms with Crippen LogP contribution in [0.2, 0.25) is 0 Å². The number of unbranched alkanes of at least 4 members (excludes halogenated alkanes) is 15. The molecule has 0 aliphatic carbocycles. The molecule has 1 amide bonds. The Labute approximate surface area is 176 Å². The number of hydrogen-bond acceptors (Lipinski definition) is 2. The first kappa shape index (κ1) is 27.0. The van der Waals surface area contributed by atoms with Gasteiger partial charge in [0.1, 0.15) is 0 Å². The van der Waals surface area contributed by atoms with E-state index in [0.29, 0.717) is 6.61 Å². The first-order chi connectivity index (χ1) is 13.8. The first-order valence-corrected chi connectivity index (χ1v) is 12.4. The third kappa shape index (κ3) is 23.0. The van der Waals surface area contributed by atoms with Crippen LogP contribution in [0.3, 0.4) is 0 Å².